The van der Waals surface area contributed by atoms with Gasteiger partial charge in [-0.2, -0.15) is 0 Å². The number of phenols is 1. The van der Waals surface area contributed by atoms with Crippen LogP contribution in [0.15, 0.2) is 42.6 Å². The summed E-state index contributed by atoms with van der Waals surface area (Å²) in [7, 11) is 0. The Balaban J connectivity index is 1.67. The zero-order valence-corrected chi connectivity index (χ0v) is 13.9. The number of amides is 1. The molecule has 2 heterocycles. The molecule has 5 nitrogen and oxygen atoms in total. The van der Waals surface area contributed by atoms with Crippen LogP contribution in [0.3, 0.4) is 0 Å². The summed E-state index contributed by atoms with van der Waals surface area (Å²) in [5.41, 5.74) is 4.69. The van der Waals surface area contributed by atoms with Gasteiger partial charge in [-0.1, -0.05) is 19.1 Å². The molecule has 24 heavy (non-hydrogen) atoms. The topological polar surface area (TPSA) is 66.6 Å². The zero-order valence-electron chi connectivity index (χ0n) is 13.9. The number of hydrogen-bond donors (Lipinski definition) is 2. The predicted molar refractivity (Wildman–Crippen MR) is 93.5 cm³/mol. The van der Waals surface area contributed by atoms with Gasteiger partial charge in [-0.3, -0.25) is 4.79 Å². The van der Waals surface area contributed by atoms with E-state index in [-0.39, 0.29) is 11.7 Å². The summed E-state index contributed by atoms with van der Waals surface area (Å²) < 4.78 is 1.97. The number of aromatic nitrogens is 2. The number of rotatable bonds is 5. The molecule has 3 rings (SSSR count). The van der Waals surface area contributed by atoms with E-state index in [0.717, 1.165) is 35.4 Å². The van der Waals surface area contributed by atoms with Crippen molar-refractivity contribution in [1.29, 1.82) is 0 Å². The predicted octanol–water partition coefficient (Wildman–Crippen LogP) is 2.88. The minimum absolute atomic E-state index is 0.0955. The van der Waals surface area contributed by atoms with Crippen LogP contribution in [0.5, 0.6) is 5.75 Å². The molecule has 1 aromatic carbocycles. The molecule has 0 radical (unpaired) electrons. The van der Waals surface area contributed by atoms with Crippen molar-refractivity contribution in [3.05, 3.63) is 65.1 Å². The molecular formula is C19H21N3O2. The van der Waals surface area contributed by atoms with Crippen molar-refractivity contribution in [2.45, 2.75) is 26.7 Å². The van der Waals surface area contributed by atoms with Crippen molar-refractivity contribution >= 4 is 11.6 Å². The fourth-order valence-electron chi connectivity index (χ4n) is 2.77. The molecule has 0 fully saturated rings. The summed E-state index contributed by atoms with van der Waals surface area (Å²) in [5.74, 6) is 0.153. The Bertz CT molecular complexity index is 866. The lowest BCUT2D eigenvalue weighted by atomic mass is 10.1. The van der Waals surface area contributed by atoms with Crippen LogP contribution in [0, 0.1) is 6.92 Å². The molecule has 0 saturated carbocycles. The number of fused-ring (bicyclic) bond motifs is 1. The average Bonchev–Trinajstić information content (AvgIpc) is 2.92. The number of phenolic OH excluding ortho intramolecular Hbond substituents is 1. The van der Waals surface area contributed by atoms with E-state index in [1.807, 2.05) is 35.7 Å². The maximum Gasteiger partial charge on any atom is 0.252 e. The van der Waals surface area contributed by atoms with Crippen LogP contribution in [-0.2, 0) is 12.8 Å². The highest BCUT2D eigenvalue weighted by Crippen LogP contribution is 2.14. The number of nitrogens with zero attached hydrogens (tertiary/aromatic N) is 2. The van der Waals surface area contributed by atoms with Crippen molar-refractivity contribution in [1.82, 2.24) is 14.7 Å². The molecule has 5 heteroatoms. The molecule has 0 aliphatic carbocycles. The number of carbonyl (C=O) groups excluding carboxylic acids is 1. The van der Waals surface area contributed by atoms with Crippen molar-refractivity contribution in [3.63, 3.8) is 0 Å². The van der Waals surface area contributed by atoms with Gasteiger partial charge in [-0.15, -0.1) is 0 Å². The Labute approximate surface area is 141 Å². The van der Waals surface area contributed by atoms with E-state index in [4.69, 9.17) is 0 Å². The van der Waals surface area contributed by atoms with Crippen molar-refractivity contribution in [3.8, 4) is 5.75 Å². The van der Waals surface area contributed by atoms with Gasteiger partial charge in [-0.05, 0) is 49.6 Å². The van der Waals surface area contributed by atoms with Crippen LogP contribution >= 0.6 is 0 Å². The molecule has 3 aromatic rings. The largest absolute Gasteiger partial charge is 0.508 e. The number of carbonyl (C=O) groups is 1. The first-order valence-corrected chi connectivity index (χ1v) is 8.12. The molecule has 124 valence electrons. The number of benzene rings is 1. The van der Waals surface area contributed by atoms with Gasteiger partial charge in [0.15, 0.2) is 0 Å². The number of imidazole rings is 1. The molecule has 0 aliphatic rings. The standard InChI is InChI=1S/C19H21N3O2/c1-3-17-13(2)22-12-15(6-9-18(22)21-17)19(24)20-11-10-14-4-7-16(23)8-5-14/h4-9,12,23H,3,10-11H2,1-2H3,(H,20,24). The highest BCUT2D eigenvalue weighted by molar-refractivity contribution is 5.94. The third kappa shape index (κ3) is 3.25. The van der Waals surface area contributed by atoms with Crippen molar-refractivity contribution in [2.75, 3.05) is 6.54 Å². The maximum atomic E-state index is 12.3. The zero-order chi connectivity index (χ0) is 17.1. The lowest BCUT2D eigenvalue weighted by molar-refractivity contribution is 0.0953. The smallest absolute Gasteiger partial charge is 0.252 e. The first-order valence-electron chi connectivity index (χ1n) is 8.12. The molecular weight excluding hydrogens is 302 g/mol. The number of aryl methyl sites for hydroxylation is 2. The molecule has 2 N–H and O–H groups in total. The van der Waals surface area contributed by atoms with Crippen LogP contribution < -0.4 is 5.32 Å². The Hall–Kier alpha value is -2.82. The Morgan fingerprint density at radius 2 is 1.96 bits per heavy atom. The molecule has 0 saturated heterocycles. The first kappa shape index (κ1) is 16.1. The fraction of sp³-hybridized carbons (Fsp3) is 0.263. The summed E-state index contributed by atoms with van der Waals surface area (Å²) in [6.45, 7) is 4.64. The van der Waals surface area contributed by atoms with Crippen LogP contribution in [0.2, 0.25) is 0 Å². The minimum atomic E-state index is -0.0955. The third-order valence-electron chi connectivity index (χ3n) is 4.19. The van der Waals surface area contributed by atoms with Gasteiger partial charge < -0.3 is 14.8 Å². The SMILES string of the molecule is CCc1nc2ccc(C(=O)NCCc3ccc(O)cc3)cn2c1C. The summed E-state index contributed by atoms with van der Waals surface area (Å²) in [6.07, 6.45) is 3.44. The minimum Gasteiger partial charge on any atom is -0.508 e. The molecule has 0 atom stereocenters. The van der Waals surface area contributed by atoms with E-state index in [2.05, 4.69) is 17.2 Å². The monoisotopic (exact) mass is 323 g/mol. The van der Waals surface area contributed by atoms with E-state index in [9.17, 15) is 9.90 Å². The first-order chi connectivity index (χ1) is 11.6. The summed E-state index contributed by atoms with van der Waals surface area (Å²) in [6, 6.07) is 10.7. The van der Waals surface area contributed by atoms with E-state index >= 15 is 0 Å². The van der Waals surface area contributed by atoms with Gasteiger partial charge in [0.2, 0.25) is 0 Å². The summed E-state index contributed by atoms with van der Waals surface area (Å²) in [5, 5.41) is 12.2. The second-order valence-electron chi connectivity index (χ2n) is 5.82. The Kier molecular flexibility index (Phi) is 4.51. The molecule has 0 aliphatic heterocycles. The second-order valence-corrected chi connectivity index (χ2v) is 5.82. The number of nitrogens with one attached hydrogen (secondary N) is 1. The summed E-state index contributed by atoms with van der Waals surface area (Å²) >= 11 is 0. The molecule has 0 spiro atoms. The van der Waals surface area contributed by atoms with E-state index in [0.29, 0.717) is 12.1 Å². The van der Waals surface area contributed by atoms with Crippen LogP contribution in [0.4, 0.5) is 0 Å². The Morgan fingerprint density at radius 3 is 2.67 bits per heavy atom. The number of hydrogen-bond acceptors (Lipinski definition) is 3. The second kappa shape index (κ2) is 6.74. The van der Waals surface area contributed by atoms with Crippen molar-refractivity contribution in [2.24, 2.45) is 0 Å². The normalized spacial score (nSPS) is 10.9. The molecule has 1 amide bonds. The fourth-order valence-corrected chi connectivity index (χ4v) is 2.77. The Morgan fingerprint density at radius 1 is 1.21 bits per heavy atom. The highest BCUT2D eigenvalue weighted by Gasteiger charge is 2.10. The number of pyridine rings is 1. The molecule has 2 aromatic heterocycles. The van der Waals surface area contributed by atoms with Gasteiger partial charge in [0, 0.05) is 18.4 Å². The van der Waals surface area contributed by atoms with E-state index in [1.54, 1.807) is 18.2 Å². The van der Waals surface area contributed by atoms with Gasteiger partial charge in [0.05, 0.1) is 11.3 Å². The van der Waals surface area contributed by atoms with Gasteiger partial charge in [0.25, 0.3) is 5.91 Å². The lowest BCUT2D eigenvalue weighted by Crippen LogP contribution is -2.25. The average molecular weight is 323 g/mol. The highest BCUT2D eigenvalue weighted by atomic mass is 16.3. The number of aromatic hydroxyl groups is 1. The lowest BCUT2D eigenvalue weighted by Gasteiger charge is -2.07. The van der Waals surface area contributed by atoms with Crippen LogP contribution in [0.25, 0.3) is 5.65 Å². The van der Waals surface area contributed by atoms with Crippen LogP contribution in [0.1, 0.15) is 34.2 Å². The van der Waals surface area contributed by atoms with Gasteiger partial charge >= 0.3 is 0 Å². The molecule has 0 unspecified atom stereocenters. The quantitative estimate of drug-likeness (QED) is 0.759. The van der Waals surface area contributed by atoms with E-state index < -0.39 is 0 Å². The molecule has 0 bridgehead atoms. The van der Waals surface area contributed by atoms with Crippen molar-refractivity contribution < 1.29 is 9.90 Å². The third-order valence-corrected chi connectivity index (χ3v) is 4.19. The maximum absolute atomic E-state index is 12.3. The van der Waals surface area contributed by atoms with Gasteiger partial charge in [0.1, 0.15) is 11.4 Å². The van der Waals surface area contributed by atoms with Gasteiger partial charge in [-0.25, -0.2) is 4.98 Å². The van der Waals surface area contributed by atoms with Crippen LogP contribution in [-0.4, -0.2) is 26.9 Å². The summed E-state index contributed by atoms with van der Waals surface area (Å²) in [4.78, 5) is 16.9. The van der Waals surface area contributed by atoms with E-state index in [1.165, 1.54) is 0 Å².